The molecule has 2 heterocycles. The first kappa shape index (κ1) is 13.9. The van der Waals surface area contributed by atoms with Crippen LogP contribution in [0.5, 0.6) is 0 Å². The summed E-state index contributed by atoms with van der Waals surface area (Å²) in [5.74, 6) is 2.16. The minimum Gasteiger partial charge on any atom is -0.357 e. The number of aromatic nitrogens is 1. The minimum absolute atomic E-state index is 0.707. The van der Waals surface area contributed by atoms with E-state index in [9.17, 15) is 0 Å². The van der Waals surface area contributed by atoms with E-state index >= 15 is 0 Å². The van der Waals surface area contributed by atoms with E-state index in [1.54, 1.807) is 0 Å². The Morgan fingerprint density at radius 1 is 1.25 bits per heavy atom. The molecule has 1 atom stereocenters. The zero-order valence-corrected chi connectivity index (χ0v) is 12.6. The molecule has 1 N–H and O–H groups in total. The number of nitrogens with zero attached hydrogens (tertiary/aromatic N) is 2. The Balaban J connectivity index is 1.45. The number of pyridine rings is 1. The lowest BCUT2D eigenvalue weighted by atomic mass is 10.0. The first-order chi connectivity index (χ1) is 9.85. The predicted molar refractivity (Wildman–Crippen MR) is 84.0 cm³/mol. The Hall–Kier alpha value is -1.09. The monoisotopic (exact) mass is 273 g/mol. The average molecular weight is 273 g/mol. The van der Waals surface area contributed by atoms with Crippen LogP contribution >= 0.6 is 0 Å². The maximum atomic E-state index is 4.46. The van der Waals surface area contributed by atoms with Gasteiger partial charge in [-0.15, -0.1) is 0 Å². The Morgan fingerprint density at radius 2 is 2.05 bits per heavy atom. The molecule has 1 saturated carbocycles. The Bertz CT molecular complexity index is 394. The SMILES string of the molecule is CCC(CC1CC1)NC1CCN(c2ccccn2)CC1. The van der Waals surface area contributed by atoms with Gasteiger partial charge in [-0.3, -0.25) is 0 Å². The molecule has 1 saturated heterocycles. The highest BCUT2D eigenvalue weighted by Gasteiger charge is 2.27. The summed E-state index contributed by atoms with van der Waals surface area (Å²) in [7, 11) is 0. The van der Waals surface area contributed by atoms with Crippen LogP contribution in [0, 0.1) is 5.92 Å². The van der Waals surface area contributed by atoms with Gasteiger partial charge in [-0.1, -0.05) is 25.8 Å². The topological polar surface area (TPSA) is 28.2 Å². The third kappa shape index (κ3) is 3.72. The molecule has 0 radical (unpaired) electrons. The van der Waals surface area contributed by atoms with Crippen LogP contribution in [-0.2, 0) is 0 Å². The molecule has 3 nitrogen and oxygen atoms in total. The molecule has 3 heteroatoms. The molecule has 1 aliphatic carbocycles. The van der Waals surface area contributed by atoms with Crippen LogP contribution in [0.15, 0.2) is 24.4 Å². The third-order valence-corrected chi connectivity index (χ3v) is 4.75. The van der Waals surface area contributed by atoms with Gasteiger partial charge in [0.1, 0.15) is 5.82 Å². The summed E-state index contributed by atoms with van der Waals surface area (Å²) in [6, 6.07) is 7.64. The quantitative estimate of drug-likeness (QED) is 0.862. The summed E-state index contributed by atoms with van der Waals surface area (Å²) < 4.78 is 0. The van der Waals surface area contributed by atoms with Crippen molar-refractivity contribution in [2.45, 2.75) is 57.5 Å². The molecule has 0 bridgehead atoms. The van der Waals surface area contributed by atoms with Gasteiger partial charge < -0.3 is 10.2 Å². The van der Waals surface area contributed by atoms with Crippen molar-refractivity contribution in [2.75, 3.05) is 18.0 Å². The van der Waals surface area contributed by atoms with Crippen molar-refractivity contribution in [1.29, 1.82) is 0 Å². The second-order valence-corrected chi connectivity index (χ2v) is 6.40. The van der Waals surface area contributed by atoms with E-state index in [0.29, 0.717) is 6.04 Å². The number of anilines is 1. The van der Waals surface area contributed by atoms with Gasteiger partial charge in [0.25, 0.3) is 0 Å². The minimum atomic E-state index is 0.707. The molecule has 0 aromatic carbocycles. The van der Waals surface area contributed by atoms with E-state index in [4.69, 9.17) is 0 Å². The van der Waals surface area contributed by atoms with Crippen molar-refractivity contribution in [2.24, 2.45) is 5.92 Å². The van der Waals surface area contributed by atoms with Gasteiger partial charge >= 0.3 is 0 Å². The van der Waals surface area contributed by atoms with Crippen molar-refractivity contribution in [1.82, 2.24) is 10.3 Å². The molecule has 20 heavy (non-hydrogen) atoms. The molecule has 2 aliphatic rings. The van der Waals surface area contributed by atoms with Crippen LogP contribution in [0.4, 0.5) is 5.82 Å². The van der Waals surface area contributed by atoms with Crippen molar-refractivity contribution in [3.05, 3.63) is 24.4 Å². The summed E-state index contributed by atoms with van der Waals surface area (Å²) in [5.41, 5.74) is 0. The van der Waals surface area contributed by atoms with E-state index in [1.165, 1.54) is 38.5 Å². The number of nitrogens with one attached hydrogen (secondary N) is 1. The molecule has 1 aromatic heterocycles. The van der Waals surface area contributed by atoms with Crippen LogP contribution in [0.3, 0.4) is 0 Å². The number of rotatable bonds is 6. The van der Waals surface area contributed by atoms with Crippen LogP contribution in [-0.4, -0.2) is 30.2 Å². The normalized spacial score (nSPS) is 21.9. The zero-order chi connectivity index (χ0) is 13.8. The second-order valence-electron chi connectivity index (χ2n) is 6.40. The highest BCUT2D eigenvalue weighted by atomic mass is 15.2. The highest BCUT2D eigenvalue weighted by Crippen LogP contribution is 2.34. The van der Waals surface area contributed by atoms with Gasteiger partial charge in [-0.05, 0) is 43.7 Å². The lowest BCUT2D eigenvalue weighted by Crippen LogP contribution is -2.46. The maximum absolute atomic E-state index is 4.46. The average Bonchev–Trinajstić information content (AvgIpc) is 3.32. The first-order valence-electron chi connectivity index (χ1n) is 8.27. The molecule has 0 amide bonds. The number of piperidine rings is 1. The van der Waals surface area contributed by atoms with Crippen molar-refractivity contribution < 1.29 is 0 Å². The molecule has 1 aromatic rings. The van der Waals surface area contributed by atoms with E-state index in [-0.39, 0.29) is 0 Å². The van der Waals surface area contributed by atoms with Gasteiger partial charge in [0.05, 0.1) is 0 Å². The summed E-state index contributed by atoms with van der Waals surface area (Å²) >= 11 is 0. The fraction of sp³-hybridized carbons (Fsp3) is 0.706. The predicted octanol–water partition coefficient (Wildman–Crippen LogP) is 3.22. The second kappa shape index (κ2) is 6.57. The van der Waals surface area contributed by atoms with Crippen molar-refractivity contribution in [3.8, 4) is 0 Å². The largest absolute Gasteiger partial charge is 0.357 e. The Kier molecular flexibility index (Phi) is 4.56. The molecule has 0 spiro atoms. The third-order valence-electron chi connectivity index (χ3n) is 4.75. The molecule has 3 rings (SSSR count). The van der Waals surface area contributed by atoms with E-state index < -0.39 is 0 Å². The van der Waals surface area contributed by atoms with Crippen molar-refractivity contribution in [3.63, 3.8) is 0 Å². The fourth-order valence-electron chi connectivity index (χ4n) is 3.26. The summed E-state index contributed by atoms with van der Waals surface area (Å²) in [4.78, 5) is 6.87. The maximum Gasteiger partial charge on any atom is 0.128 e. The van der Waals surface area contributed by atoms with Crippen LogP contribution < -0.4 is 10.2 Å². The lowest BCUT2D eigenvalue weighted by molar-refractivity contribution is 0.340. The van der Waals surface area contributed by atoms with Gasteiger partial charge in [-0.25, -0.2) is 4.98 Å². The summed E-state index contributed by atoms with van der Waals surface area (Å²) in [5, 5.41) is 3.90. The lowest BCUT2D eigenvalue weighted by Gasteiger charge is -2.35. The van der Waals surface area contributed by atoms with E-state index in [2.05, 4.69) is 34.3 Å². The highest BCUT2D eigenvalue weighted by molar-refractivity contribution is 5.38. The van der Waals surface area contributed by atoms with E-state index in [1.807, 2.05) is 12.3 Å². The van der Waals surface area contributed by atoms with Crippen LogP contribution in [0.1, 0.15) is 45.4 Å². The molecule has 1 aliphatic heterocycles. The van der Waals surface area contributed by atoms with Crippen molar-refractivity contribution >= 4 is 5.82 Å². The van der Waals surface area contributed by atoms with Gasteiger partial charge in [-0.2, -0.15) is 0 Å². The number of hydrogen-bond acceptors (Lipinski definition) is 3. The summed E-state index contributed by atoms with van der Waals surface area (Å²) in [6.07, 6.45) is 10.00. The Morgan fingerprint density at radius 3 is 2.65 bits per heavy atom. The molecule has 1 unspecified atom stereocenters. The molecular formula is C17H27N3. The number of hydrogen-bond donors (Lipinski definition) is 1. The van der Waals surface area contributed by atoms with E-state index in [0.717, 1.165) is 30.9 Å². The summed E-state index contributed by atoms with van der Waals surface area (Å²) in [6.45, 7) is 4.59. The van der Waals surface area contributed by atoms with Crippen LogP contribution in [0.25, 0.3) is 0 Å². The molecule has 110 valence electrons. The van der Waals surface area contributed by atoms with Gasteiger partial charge in [0.2, 0.25) is 0 Å². The molecular weight excluding hydrogens is 246 g/mol. The van der Waals surface area contributed by atoms with Crippen LogP contribution in [0.2, 0.25) is 0 Å². The molecule has 2 fully saturated rings. The van der Waals surface area contributed by atoms with Gasteiger partial charge in [0, 0.05) is 31.4 Å². The Labute approximate surface area is 122 Å². The standard InChI is InChI=1S/C17H27N3/c1-2-15(13-14-6-7-14)19-16-8-11-20(12-9-16)17-5-3-4-10-18-17/h3-5,10,14-16,19H,2,6-9,11-13H2,1H3. The van der Waals surface area contributed by atoms with Gasteiger partial charge in [0.15, 0.2) is 0 Å². The zero-order valence-electron chi connectivity index (χ0n) is 12.6. The smallest absolute Gasteiger partial charge is 0.128 e. The fourth-order valence-corrected chi connectivity index (χ4v) is 3.26. The first-order valence-corrected chi connectivity index (χ1v) is 8.27.